The number of anilines is 1. The number of carbonyl (C=O) groups excluding carboxylic acids is 1. The first-order chi connectivity index (χ1) is 12.7. The molecule has 2 aromatic carbocycles. The van der Waals surface area contributed by atoms with E-state index in [9.17, 15) is 4.79 Å². The summed E-state index contributed by atoms with van der Waals surface area (Å²) in [6.07, 6.45) is -0.462. The van der Waals surface area contributed by atoms with Gasteiger partial charge in [0.05, 0.1) is 17.9 Å². The summed E-state index contributed by atoms with van der Waals surface area (Å²) in [7, 11) is 0. The number of fused-ring (bicyclic) bond motifs is 1. The van der Waals surface area contributed by atoms with Gasteiger partial charge in [-0.2, -0.15) is 15.4 Å². The van der Waals surface area contributed by atoms with E-state index in [2.05, 4.69) is 26.0 Å². The van der Waals surface area contributed by atoms with E-state index in [-0.39, 0.29) is 5.91 Å². The molecule has 1 amide bonds. The van der Waals surface area contributed by atoms with E-state index in [0.29, 0.717) is 23.6 Å². The molecule has 0 spiro atoms. The maximum atomic E-state index is 12.5. The summed E-state index contributed by atoms with van der Waals surface area (Å²) in [5.74, 6) is 0.669. The van der Waals surface area contributed by atoms with Gasteiger partial charge in [0.15, 0.2) is 0 Å². The first kappa shape index (κ1) is 16.1. The number of aromatic amines is 1. The van der Waals surface area contributed by atoms with E-state index >= 15 is 0 Å². The largest absolute Gasteiger partial charge is 0.494 e. The normalized spacial score (nSPS) is 15.8. The van der Waals surface area contributed by atoms with Gasteiger partial charge in [-0.1, -0.05) is 12.1 Å². The fourth-order valence-corrected chi connectivity index (χ4v) is 3.10. The number of benzene rings is 2. The lowest BCUT2D eigenvalue weighted by Gasteiger charge is -2.28. The maximum Gasteiger partial charge on any atom is 0.255 e. The fourth-order valence-electron chi connectivity index (χ4n) is 3.10. The van der Waals surface area contributed by atoms with Gasteiger partial charge in [0.1, 0.15) is 23.3 Å². The van der Waals surface area contributed by atoms with E-state index in [0.717, 1.165) is 22.6 Å². The predicted octanol–water partition coefficient (Wildman–Crippen LogP) is 3.03. The molecule has 0 saturated heterocycles. The summed E-state index contributed by atoms with van der Waals surface area (Å²) in [4.78, 5) is 12.5. The molecule has 0 bridgehead atoms. The van der Waals surface area contributed by atoms with Crippen molar-refractivity contribution in [2.45, 2.75) is 20.0 Å². The Labute approximate surface area is 150 Å². The van der Waals surface area contributed by atoms with Crippen molar-refractivity contribution in [3.63, 3.8) is 0 Å². The third-order valence-corrected chi connectivity index (χ3v) is 4.37. The molecule has 1 atom stereocenters. The molecule has 132 valence electrons. The van der Waals surface area contributed by atoms with Crippen molar-refractivity contribution < 1.29 is 9.53 Å². The Morgan fingerprint density at radius 2 is 1.88 bits per heavy atom. The maximum absolute atomic E-state index is 12.5. The van der Waals surface area contributed by atoms with Gasteiger partial charge in [-0.05, 0) is 49.7 Å². The van der Waals surface area contributed by atoms with Crippen LogP contribution >= 0.6 is 0 Å². The molecule has 3 N–H and O–H groups in total. The number of para-hydroxylation sites is 1. The molecule has 1 aliphatic heterocycles. The number of nitrogens with zero attached hydrogens (tertiary/aromatic N) is 2. The van der Waals surface area contributed by atoms with Gasteiger partial charge in [-0.25, -0.2) is 0 Å². The number of rotatable bonds is 4. The highest BCUT2D eigenvalue weighted by atomic mass is 16.5. The van der Waals surface area contributed by atoms with Crippen molar-refractivity contribution in [3.05, 3.63) is 59.3 Å². The first-order valence-electron chi connectivity index (χ1n) is 8.48. The number of nitrogens with one attached hydrogen (secondary N) is 3. The summed E-state index contributed by atoms with van der Waals surface area (Å²) in [5, 5.41) is 17.5. The molecule has 26 heavy (non-hydrogen) atoms. The van der Waals surface area contributed by atoms with Crippen LogP contribution in [-0.2, 0) is 0 Å². The molecule has 7 heteroatoms. The smallest absolute Gasteiger partial charge is 0.255 e. The van der Waals surface area contributed by atoms with E-state index in [4.69, 9.17) is 4.74 Å². The number of hydrogen-bond acceptors (Lipinski definition) is 5. The zero-order valence-corrected chi connectivity index (χ0v) is 14.5. The lowest BCUT2D eigenvalue weighted by molar-refractivity contribution is 0.0935. The van der Waals surface area contributed by atoms with Crippen molar-refractivity contribution in [1.29, 1.82) is 0 Å². The Bertz CT molecular complexity index is 949. The van der Waals surface area contributed by atoms with Gasteiger partial charge in [0.2, 0.25) is 0 Å². The number of amides is 1. The van der Waals surface area contributed by atoms with Crippen LogP contribution in [0, 0.1) is 6.92 Å². The molecule has 0 aliphatic carbocycles. The summed E-state index contributed by atoms with van der Waals surface area (Å²) in [6.45, 7) is 4.53. The second-order valence-electron chi connectivity index (χ2n) is 6.06. The number of carbonyl (C=O) groups is 1. The van der Waals surface area contributed by atoms with Crippen LogP contribution in [0.5, 0.6) is 5.75 Å². The minimum atomic E-state index is -0.462. The van der Waals surface area contributed by atoms with Gasteiger partial charge in [0, 0.05) is 5.56 Å². The number of aromatic nitrogens is 3. The molecule has 1 aromatic heterocycles. The summed E-state index contributed by atoms with van der Waals surface area (Å²) < 4.78 is 5.48. The molecule has 0 radical (unpaired) electrons. The van der Waals surface area contributed by atoms with Crippen LogP contribution in [0.25, 0.3) is 11.3 Å². The minimum Gasteiger partial charge on any atom is -0.494 e. The fraction of sp³-hybridized carbons (Fsp3) is 0.211. The van der Waals surface area contributed by atoms with Crippen LogP contribution in [0.1, 0.15) is 34.7 Å². The van der Waals surface area contributed by atoms with E-state index in [1.54, 1.807) is 6.07 Å². The van der Waals surface area contributed by atoms with Gasteiger partial charge in [-0.3, -0.25) is 4.79 Å². The van der Waals surface area contributed by atoms with Gasteiger partial charge in [0.25, 0.3) is 5.91 Å². The predicted molar refractivity (Wildman–Crippen MR) is 98.0 cm³/mol. The van der Waals surface area contributed by atoms with Crippen molar-refractivity contribution in [3.8, 4) is 17.0 Å². The average molecular weight is 349 g/mol. The third-order valence-electron chi connectivity index (χ3n) is 4.37. The van der Waals surface area contributed by atoms with Crippen LogP contribution < -0.4 is 15.4 Å². The molecule has 7 nitrogen and oxygen atoms in total. The van der Waals surface area contributed by atoms with Crippen molar-refractivity contribution in [2.75, 3.05) is 11.9 Å². The molecule has 0 fully saturated rings. The average Bonchev–Trinajstić information content (AvgIpc) is 3.13. The van der Waals surface area contributed by atoms with Crippen molar-refractivity contribution >= 4 is 11.6 Å². The monoisotopic (exact) mass is 349 g/mol. The highest BCUT2D eigenvalue weighted by molar-refractivity contribution is 6.02. The Balaban J connectivity index is 1.67. The molecular weight excluding hydrogens is 330 g/mol. The van der Waals surface area contributed by atoms with Crippen LogP contribution in [0.2, 0.25) is 0 Å². The first-order valence-corrected chi connectivity index (χ1v) is 8.48. The number of H-pyrrole nitrogens is 1. The minimum absolute atomic E-state index is 0.131. The van der Waals surface area contributed by atoms with Crippen LogP contribution in [0.4, 0.5) is 5.69 Å². The number of ether oxygens (including phenoxy) is 1. The van der Waals surface area contributed by atoms with Gasteiger partial charge in [-0.15, -0.1) is 0 Å². The molecular formula is C19H19N5O2. The lowest BCUT2D eigenvalue weighted by Crippen LogP contribution is -2.39. The Kier molecular flexibility index (Phi) is 4.04. The molecule has 0 saturated carbocycles. The number of hydrogen-bond donors (Lipinski definition) is 3. The van der Waals surface area contributed by atoms with E-state index < -0.39 is 6.17 Å². The van der Waals surface area contributed by atoms with Crippen LogP contribution in [-0.4, -0.2) is 27.9 Å². The van der Waals surface area contributed by atoms with Crippen LogP contribution in [0.3, 0.4) is 0 Å². The molecule has 4 rings (SSSR count). The highest BCUT2D eigenvalue weighted by Crippen LogP contribution is 2.32. The second kappa shape index (κ2) is 6.51. The Morgan fingerprint density at radius 1 is 1.08 bits per heavy atom. The topological polar surface area (TPSA) is 91.9 Å². The Hall–Kier alpha value is -3.35. The number of aryl methyl sites for hydroxylation is 1. The zero-order chi connectivity index (χ0) is 18.1. The molecule has 1 aliphatic rings. The standard InChI is InChI=1S/C19H19N5O2/c1-3-26-13-9-7-12(8-10-13)16-17(23-24-22-16)18-20-15-11(2)5-4-6-14(15)19(25)21-18/h4-10,18,20H,3H2,1-2H3,(H,21,25)(H,22,23,24)/t18-/m1/s1. The van der Waals surface area contributed by atoms with Gasteiger partial charge >= 0.3 is 0 Å². The van der Waals surface area contributed by atoms with Crippen molar-refractivity contribution in [2.24, 2.45) is 0 Å². The quantitative estimate of drug-likeness (QED) is 0.673. The molecule has 3 aromatic rings. The van der Waals surface area contributed by atoms with E-state index in [1.807, 2.05) is 50.2 Å². The molecule has 0 unspecified atom stereocenters. The summed E-state index contributed by atoms with van der Waals surface area (Å²) in [5.41, 5.74) is 4.67. The van der Waals surface area contributed by atoms with Crippen LogP contribution in [0.15, 0.2) is 42.5 Å². The Morgan fingerprint density at radius 3 is 2.65 bits per heavy atom. The molecule has 2 heterocycles. The summed E-state index contributed by atoms with van der Waals surface area (Å²) >= 11 is 0. The summed E-state index contributed by atoms with van der Waals surface area (Å²) in [6, 6.07) is 13.3. The van der Waals surface area contributed by atoms with Gasteiger partial charge < -0.3 is 15.4 Å². The SMILES string of the molecule is CCOc1ccc(-c2n[nH]nc2[C@H]2NC(=O)c3cccc(C)c3N2)cc1. The zero-order valence-electron chi connectivity index (χ0n) is 14.5. The highest BCUT2D eigenvalue weighted by Gasteiger charge is 2.29. The second-order valence-corrected chi connectivity index (χ2v) is 6.06. The van der Waals surface area contributed by atoms with E-state index in [1.165, 1.54) is 0 Å². The lowest BCUT2D eigenvalue weighted by atomic mass is 10.0. The third kappa shape index (κ3) is 2.77. The van der Waals surface area contributed by atoms with Crippen molar-refractivity contribution in [1.82, 2.24) is 20.7 Å².